The highest BCUT2D eigenvalue weighted by Crippen LogP contribution is 2.34. The van der Waals surface area contributed by atoms with E-state index in [4.69, 9.17) is 4.99 Å². The Morgan fingerprint density at radius 1 is 1.12 bits per heavy atom. The minimum atomic E-state index is 0.466. The van der Waals surface area contributed by atoms with E-state index in [1.54, 1.807) is 0 Å². The third-order valence-electron chi connectivity index (χ3n) is 3.59. The van der Waals surface area contributed by atoms with Gasteiger partial charge in [0.25, 0.3) is 0 Å². The SMILES string of the molecule is CC1CC(C)N2C(=N1)CC1=C2/C=C\C=C/C=C1. The van der Waals surface area contributed by atoms with Gasteiger partial charge in [0.05, 0.1) is 6.04 Å². The fourth-order valence-electron chi connectivity index (χ4n) is 2.92. The minimum absolute atomic E-state index is 0.466. The second-order valence-corrected chi connectivity index (χ2v) is 5.04. The number of aliphatic imine (C=N–C) groups is 1. The van der Waals surface area contributed by atoms with E-state index in [0.717, 1.165) is 12.8 Å². The predicted octanol–water partition coefficient (Wildman–Crippen LogP) is 3.21. The summed E-state index contributed by atoms with van der Waals surface area (Å²) in [4.78, 5) is 7.20. The van der Waals surface area contributed by atoms with Crippen molar-refractivity contribution in [1.82, 2.24) is 4.90 Å². The second kappa shape index (κ2) is 4.02. The first kappa shape index (κ1) is 10.6. The van der Waals surface area contributed by atoms with Crippen LogP contribution in [0.4, 0.5) is 0 Å². The van der Waals surface area contributed by atoms with E-state index in [1.807, 2.05) is 0 Å². The predicted molar refractivity (Wildman–Crippen MR) is 71.9 cm³/mol. The Hall–Kier alpha value is -1.57. The fraction of sp³-hybridized carbons (Fsp3) is 0.400. The van der Waals surface area contributed by atoms with Gasteiger partial charge in [0, 0.05) is 18.2 Å². The fourth-order valence-corrected chi connectivity index (χ4v) is 2.92. The van der Waals surface area contributed by atoms with E-state index >= 15 is 0 Å². The van der Waals surface area contributed by atoms with Gasteiger partial charge in [-0.2, -0.15) is 0 Å². The molecule has 0 amide bonds. The molecule has 0 N–H and O–H groups in total. The lowest BCUT2D eigenvalue weighted by atomic mass is 10.1. The Kier molecular flexibility index (Phi) is 2.50. The van der Waals surface area contributed by atoms with Crippen LogP contribution in [-0.4, -0.2) is 22.8 Å². The van der Waals surface area contributed by atoms with Gasteiger partial charge < -0.3 is 4.90 Å². The summed E-state index contributed by atoms with van der Waals surface area (Å²) < 4.78 is 0. The zero-order chi connectivity index (χ0) is 11.8. The summed E-state index contributed by atoms with van der Waals surface area (Å²) in [6.45, 7) is 4.51. The van der Waals surface area contributed by atoms with Crippen LogP contribution in [-0.2, 0) is 0 Å². The van der Waals surface area contributed by atoms with Crippen LogP contribution in [0.3, 0.4) is 0 Å². The van der Waals surface area contributed by atoms with Crippen LogP contribution >= 0.6 is 0 Å². The highest BCUT2D eigenvalue weighted by molar-refractivity contribution is 5.92. The zero-order valence-electron chi connectivity index (χ0n) is 10.4. The minimum Gasteiger partial charge on any atom is -0.327 e. The maximum Gasteiger partial charge on any atom is 0.108 e. The first-order valence-electron chi connectivity index (χ1n) is 6.36. The largest absolute Gasteiger partial charge is 0.327 e. The van der Waals surface area contributed by atoms with E-state index in [0.29, 0.717) is 12.1 Å². The van der Waals surface area contributed by atoms with Crippen molar-refractivity contribution in [3.63, 3.8) is 0 Å². The number of hydrogen-bond donors (Lipinski definition) is 0. The third-order valence-corrected chi connectivity index (χ3v) is 3.59. The molecule has 1 aliphatic carbocycles. The molecular weight excluding hydrogens is 208 g/mol. The molecule has 0 radical (unpaired) electrons. The Morgan fingerprint density at radius 2 is 1.88 bits per heavy atom. The molecule has 0 aromatic rings. The lowest BCUT2D eigenvalue weighted by Crippen LogP contribution is -2.40. The molecular formula is C15H18N2. The van der Waals surface area contributed by atoms with Crippen LogP contribution in [0.2, 0.25) is 0 Å². The van der Waals surface area contributed by atoms with Crippen molar-refractivity contribution >= 4 is 5.84 Å². The number of rotatable bonds is 0. The highest BCUT2D eigenvalue weighted by Gasteiger charge is 2.33. The van der Waals surface area contributed by atoms with Crippen molar-refractivity contribution in [1.29, 1.82) is 0 Å². The number of amidine groups is 1. The average molecular weight is 226 g/mol. The molecule has 0 aromatic heterocycles. The first-order valence-corrected chi connectivity index (χ1v) is 6.36. The maximum absolute atomic E-state index is 4.79. The molecule has 0 bridgehead atoms. The van der Waals surface area contributed by atoms with Crippen molar-refractivity contribution in [3.8, 4) is 0 Å². The van der Waals surface area contributed by atoms with Gasteiger partial charge in [-0.05, 0) is 31.9 Å². The molecule has 0 spiro atoms. The number of nitrogens with zero attached hydrogens (tertiary/aromatic N) is 2. The van der Waals surface area contributed by atoms with Gasteiger partial charge in [-0.25, -0.2) is 0 Å². The Labute approximate surface area is 103 Å². The molecule has 3 rings (SSSR count). The van der Waals surface area contributed by atoms with Crippen LogP contribution in [0.25, 0.3) is 0 Å². The normalized spacial score (nSPS) is 34.7. The molecule has 2 nitrogen and oxygen atoms in total. The summed E-state index contributed by atoms with van der Waals surface area (Å²) in [5.41, 5.74) is 2.73. The van der Waals surface area contributed by atoms with E-state index in [-0.39, 0.29) is 0 Å². The molecule has 3 aliphatic rings. The van der Waals surface area contributed by atoms with Crippen LogP contribution in [0.5, 0.6) is 0 Å². The van der Waals surface area contributed by atoms with Crippen molar-refractivity contribution < 1.29 is 0 Å². The highest BCUT2D eigenvalue weighted by atomic mass is 15.3. The smallest absolute Gasteiger partial charge is 0.108 e. The van der Waals surface area contributed by atoms with Gasteiger partial charge in [0.2, 0.25) is 0 Å². The molecule has 2 atom stereocenters. The average Bonchev–Trinajstić information content (AvgIpc) is 2.55. The topological polar surface area (TPSA) is 15.6 Å². The molecule has 2 heteroatoms. The summed E-state index contributed by atoms with van der Waals surface area (Å²) in [5.74, 6) is 1.25. The van der Waals surface area contributed by atoms with Crippen molar-refractivity contribution in [2.75, 3.05) is 0 Å². The molecule has 88 valence electrons. The van der Waals surface area contributed by atoms with Gasteiger partial charge in [-0.15, -0.1) is 0 Å². The molecule has 2 unspecified atom stereocenters. The van der Waals surface area contributed by atoms with E-state index in [1.165, 1.54) is 17.1 Å². The van der Waals surface area contributed by atoms with E-state index in [9.17, 15) is 0 Å². The Bertz CT molecular complexity index is 477. The van der Waals surface area contributed by atoms with Crippen LogP contribution in [0.1, 0.15) is 26.7 Å². The monoisotopic (exact) mass is 226 g/mol. The molecule has 0 aromatic carbocycles. The van der Waals surface area contributed by atoms with Crippen LogP contribution in [0.15, 0.2) is 52.7 Å². The zero-order valence-corrected chi connectivity index (χ0v) is 10.4. The Morgan fingerprint density at radius 3 is 2.71 bits per heavy atom. The third kappa shape index (κ3) is 1.78. The Balaban J connectivity index is 2.03. The second-order valence-electron chi connectivity index (χ2n) is 5.04. The molecule has 2 heterocycles. The standard InChI is InChI=1S/C15H18N2/c1-11-9-12(2)17-14-8-6-4-3-5-7-13(14)10-15(17)16-11/h3-8,11-12H,9-10H2,1-2H3/b4-3-,5-3?,6-4?,7-5?,8-6-,13-7?,14-8?. The summed E-state index contributed by atoms with van der Waals surface area (Å²) in [6, 6.07) is 1.03. The molecule has 0 fully saturated rings. The van der Waals surface area contributed by atoms with E-state index < -0.39 is 0 Å². The molecule has 0 saturated carbocycles. The van der Waals surface area contributed by atoms with Crippen LogP contribution in [0, 0.1) is 0 Å². The summed E-state index contributed by atoms with van der Waals surface area (Å²) in [6.07, 6.45) is 14.9. The number of allylic oxidation sites excluding steroid dienone is 6. The molecule has 2 aliphatic heterocycles. The molecule has 17 heavy (non-hydrogen) atoms. The van der Waals surface area contributed by atoms with Crippen molar-refractivity contribution in [2.24, 2.45) is 4.99 Å². The summed E-state index contributed by atoms with van der Waals surface area (Å²) in [7, 11) is 0. The maximum atomic E-state index is 4.79. The first-order chi connectivity index (χ1) is 8.25. The number of hydrogen-bond acceptors (Lipinski definition) is 2. The van der Waals surface area contributed by atoms with Gasteiger partial charge in [-0.1, -0.05) is 30.4 Å². The molecule has 0 saturated heterocycles. The van der Waals surface area contributed by atoms with E-state index in [2.05, 4.69) is 55.2 Å². The van der Waals surface area contributed by atoms with Crippen molar-refractivity contribution in [2.45, 2.75) is 38.8 Å². The summed E-state index contributed by atoms with van der Waals surface area (Å²) >= 11 is 0. The summed E-state index contributed by atoms with van der Waals surface area (Å²) in [5, 5.41) is 0. The van der Waals surface area contributed by atoms with Gasteiger partial charge in [-0.3, -0.25) is 4.99 Å². The van der Waals surface area contributed by atoms with Gasteiger partial charge in [0.1, 0.15) is 5.84 Å². The van der Waals surface area contributed by atoms with Gasteiger partial charge in [0.15, 0.2) is 0 Å². The number of fused-ring (bicyclic) bond motifs is 2. The lowest BCUT2D eigenvalue weighted by Gasteiger charge is -2.34. The van der Waals surface area contributed by atoms with Crippen LogP contribution < -0.4 is 0 Å². The lowest BCUT2D eigenvalue weighted by molar-refractivity contribution is 0.345. The van der Waals surface area contributed by atoms with Crippen molar-refractivity contribution in [3.05, 3.63) is 47.7 Å². The van der Waals surface area contributed by atoms with Gasteiger partial charge >= 0.3 is 0 Å². The quantitative estimate of drug-likeness (QED) is 0.619.